The largest absolute Gasteiger partial charge is 0.469 e. The summed E-state index contributed by atoms with van der Waals surface area (Å²) in [6.07, 6.45) is -5.49. The fraction of sp³-hybridized carbons (Fsp3) is 0.905. The Morgan fingerprint density at radius 1 is 0.789 bits per heavy atom. The van der Waals surface area contributed by atoms with Gasteiger partial charge in [0.05, 0.1) is 43.9 Å². The number of aliphatic hydroxyl groups is 8. The van der Waals surface area contributed by atoms with E-state index in [1.165, 1.54) is 7.11 Å². The zero-order valence-corrected chi connectivity index (χ0v) is 34.2. The number of hydrogen-bond donors (Lipinski definition) is 8. The van der Waals surface area contributed by atoms with Crippen molar-refractivity contribution in [2.75, 3.05) is 26.9 Å². The van der Waals surface area contributed by atoms with Gasteiger partial charge in [-0.3, -0.25) is 9.59 Å². The first-order valence-electron chi connectivity index (χ1n) is 20.9. The lowest BCUT2D eigenvalue weighted by molar-refractivity contribution is -0.312. The average Bonchev–Trinajstić information content (AvgIpc) is 3.19. The second kappa shape index (κ2) is 15.0. The number of rotatable bonds is 7. The monoisotopic (exact) mass is 810 g/mol. The van der Waals surface area contributed by atoms with Gasteiger partial charge in [0, 0.05) is 5.41 Å². The zero-order valence-electron chi connectivity index (χ0n) is 34.2. The Labute approximate surface area is 334 Å². The van der Waals surface area contributed by atoms with Crippen molar-refractivity contribution in [3.63, 3.8) is 0 Å². The van der Waals surface area contributed by atoms with Gasteiger partial charge in [0.15, 0.2) is 6.29 Å². The molecule has 0 amide bonds. The van der Waals surface area contributed by atoms with Crippen molar-refractivity contribution in [3.8, 4) is 0 Å². The Balaban J connectivity index is 1.21. The molecule has 10 unspecified atom stereocenters. The van der Waals surface area contributed by atoms with Gasteiger partial charge in [0.1, 0.15) is 42.7 Å². The molecule has 324 valence electrons. The summed E-state index contributed by atoms with van der Waals surface area (Å²) in [5.41, 5.74) is -2.43. The maximum atomic E-state index is 14.7. The number of allylic oxidation sites excluding steroid dienone is 2. The Morgan fingerprint density at radius 3 is 2.14 bits per heavy atom. The molecule has 0 aromatic carbocycles. The van der Waals surface area contributed by atoms with Gasteiger partial charge in [-0.25, -0.2) is 0 Å². The maximum absolute atomic E-state index is 14.7. The second-order valence-corrected chi connectivity index (χ2v) is 19.9. The second-order valence-electron chi connectivity index (χ2n) is 19.9. The summed E-state index contributed by atoms with van der Waals surface area (Å²) in [4.78, 5) is 28.1. The lowest BCUT2D eigenvalue weighted by Gasteiger charge is -2.71. The summed E-state index contributed by atoms with van der Waals surface area (Å²) in [6.45, 7) is 9.94. The van der Waals surface area contributed by atoms with Crippen molar-refractivity contribution in [2.24, 2.45) is 50.2 Å². The third-order valence-electron chi connectivity index (χ3n) is 17.4. The number of hydrogen-bond acceptors (Lipinski definition) is 15. The topological polar surface area (TPSA) is 242 Å². The third-order valence-corrected chi connectivity index (χ3v) is 17.4. The molecule has 0 spiro atoms. The van der Waals surface area contributed by atoms with Crippen molar-refractivity contribution >= 4 is 11.9 Å². The number of esters is 2. The molecule has 0 aromatic rings. The highest BCUT2D eigenvalue weighted by Crippen LogP contribution is 2.76. The number of ether oxygens (including phenoxy) is 5. The maximum Gasteiger partial charge on any atom is 0.315 e. The van der Waals surface area contributed by atoms with Crippen LogP contribution in [0.4, 0.5) is 0 Å². The molecule has 7 rings (SSSR count). The molecule has 0 aromatic heterocycles. The number of carbonyl (C=O) groups excluding carboxylic acids is 2. The molecule has 15 nitrogen and oxygen atoms in total. The molecule has 0 radical (unpaired) electrons. The van der Waals surface area contributed by atoms with E-state index in [0.717, 1.165) is 24.8 Å². The van der Waals surface area contributed by atoms with Crippen LogP contribution in [0.25, 0.3) is 0 Å². The lowest BCUT2D eigenvalue weighted by Crippen LogP contribution is -2.67. The smallest absolute Gasteiger partial charge is 0.315 e. The van der Waals surface area contributed by atoms with Crippen LogP contribution in [0, 0.1) is 50.2 Å². The summed E-state index contributed by atoms with van der Waals surface area (Å²) in [5.74, 6) is -1.16. The van der Waals surface area contributed by atoms with E-state index in [0.29, 0.717) is 44.9 Å². The Morgan fingerprint density at radius 2 is 1.47 bits per heavy atom. The molecule has 2 heterocycles. The molecule has 0 bridgehead atoms. The van der Waals surface area contributed by atoms with E-state index in [1.807, 2.05) is 13.8 Å². The predicted molar refractivity (Wildman–Crippen MR) is 199 cm³/mol. The van der Waals surface area contributed by atoms with Crippen molar-refractivity contribution in [1.29, 1.82) is 0 Å². The Bertz CT molecular complexity index is 1570. The molecule has 15 heteroatoms. The van der Waals surface area contributed by atoms with Crippen molar-refractivity contribution < 1.29 is 74.1 Å². The first-order valence-corrected chi connectivity index (χ1v) is 20.9. The number of aliphatic hydroxyl groups excluding tert-OH is 8. The molecule has 5 aliphatic carbocycles. The van der Waals surface area contributed by atoms with Crippen LogP contribution in [-0.4, -0.2) is 141 Å². The molecule has 7 aliphatic rings. The van der Waals surface area contributed by atoms with E-state index in [4.69, 9.17) is 23.7 Å². The molecule has 2 aliphatic heterocycles. The molecule has 19 atom stereocenters. The van der Waals surface area contributed by atoms with Gasteiger partial charge in [-0.1, -0.05) is 39.3 Å². The molecule has 8 N–H and O–H groups in total. The highest BCUT2D eigenvalue weighted by atomic mass is 16.7. The van der Waals surface area contributed by atoms with Crippen LogP contribution in [-0.2, 0) is 33.3 Å². The van der Waals surface area contributed by atoms with Gasteiger partial charge < -0.3 is 64.5 Å². The van der Waals surface area contributed by atoms with Crippen LogP contribution in [0.2, 0.25) is 0 Å². The SMILES string of the molecule is COC(=O)[C@@]1(C)CC[C@]2(C(=O)OC3OC(CO)C(O)C(O)C3O)CC[C@]3(C)C(=CCC4[C@@]5(C)CC[C@H](O[C@H]6OCC(O)[C@H](O)C6O)[C@@](C)(CO)C5CC[C@]43C)C2C1. The molecule has 4 saturated carbocycles. The summed E-state index contributed by atoms with van der Waals surface area (Å²) in [5, 5.41) is 83.6. The molecule has 2 saturated heterocycles. The summed E-state index contributed by atoms with van der Waals surface area (Å²) < 4.78 is 28.9. The molecule has 6 fully saturated rings. The lowest BCUT2D eigenvalue weighted by atomic mass is 9.33. The van der Waals surface area contributed by atoms with Crippen molar-refractivity contribution in [2.45, 2.75) is 160 Å². The van der Waals surface area contributed by atoms with Crippen LogP contribution < -0.4 is 0 Å². The fourth-order valence-electron chi connectivity index (χ4n) is 13.6. The van der Waals surface area contributed by atoms with Gasteiger partial charge in [-0.05, 0) is 105 Å². The van der Waals surface area contributed by atoms with E-state index < -0.39 is 102 Å². The van der Waals surface area contributed by atoms with Gasteiger partial charge in [-0.15, -0.1) is 0 Å². The van der Waals surface area contributed by atoms with E-state index in [-0.39, 0.29) is 41.8 Å². The van der Waals surface area contributed by atoms with Crippen LogP contribution in [0.3, 0.4) is 0 Å². The van der Waals surface area contributed by atoms with Gasteiger partial charge in [0.25, 0.3) is 0 Å². The van der Waals surface area contributed by atoms with Gasteiger partial charge >= 0.3 is 11.9 Å². The van der Waals surface area contributed by atoms with E-state index in [9.17, 15) is 50.4 Å². The minimum Gasteiger partial charge on any atom is -0.469 e. The van der Waals surface area contributed by atoms with Crippen LogP contribution in [0.1, 0.15) is 98.8 Å². The normalized spacial score (nSPS) is 53.6. The standard InChI is InChI=1S/C42H66O15/c1-37(35(51)53-6)13-15-42(36(52)57-34-32(50)30(48)29(47)24(18-43)55-34)16-14-40(4)21(22(42)17-37)7-8-26-38(2)11-10-27(56-33-31(49)28(46)23(45)19-54-33)39(3,20-44)25(38)9-12-41(26,40)5/h7,22-34,43-50H,8-20H2,1-6H3/t22?,23?,24?,25?,26?,27-,28-,29?,30?,31?,32?,33+,34?,37-,38-,39-,40+,41+,42-/m0/s1. The summed E-state index contributed by atoms with van der Waals surface area (Å²) >= 11 is 0. The quantitative estimate of drug-likeness (QED) is 0.102. The van der Waals surface area contributed by atoms with Gasteiger partial charge in [-0.2, -0.15) is 0 Å². The first-order chi connectivity index (χ1) is 26.7. The molecule has 57 heavy (non-hydrogen) atoms. The summed E-state index contributed by atoms with van der Waals surface area (Å²) in [7, 11) is 1.37. The van der Waals surface area contributed by atoms with Crippen LogP contribution in [0.15, 0.2) is 11.6 Å². The number of carbonyl (C=O) groups is 2. The minimum absolute atomic E-state index is 0.0371. The molecular formula is C42H66O15. The zero-order chi connectivity index (χ0) is 41.7. The molecular weight excluding hydrogens is 744 g/mol. The van der Waals surface area contributed by atoms with Crippen LogP contribution >= 0.6 is 0 Å². The fourth-order valence-corrected chi connectivity index (χ4v) is 13.6. The minimum atomic E-state index is -1.74. The van der Waals surface area contributed by atoms with Crippen molar-refractivity contribution in [1.82, 2.24) is 0 Å². The Hall–Kier alpha value is -1.76. The Kier molecular flexibility index (Phi) is 11.4. The van der Waals surface area contributed by atoms with Crippen molar-refractivity contribution in [3.05, 3.63) is 11.6 Å². The van der Waals surface area contributed by atoms with E-state index >= 15 is 0 Å². The average molecular weight is 811 g/mol. The highest BCUT2D eigenvalue weighted by molar-refractivity contribution is 5.81. The van der Waals surface area contributed by atoms with Crippen LogP contribution in [0.5, 0.6) is 0 Å². The predicted octanol–water partition coefficient (Wildman–Crippen LogP) is 1.08. The summed E-state index contributed by atoms with van der Waals surface area (Å²) in [6, 6.07) is 0. The van der Waals surface area contributed by atoms with Gasteiger partial charge in [0.2, 0.25) is 6.29 Å². The highest BCUT2D eigenvalue weighted by Gasteiger charge is 2.71. The number of fused-ring (bicyclic) bond motifs is 7. The third kappa shape index (κ3) is 6.30. The number of methoxy groups -OCH3 is 1. The van der Waals surface area contributed by atoms with E-state index in [2.05, 4.69) is 26.8 Å². The first kappa shape index (κ1) is 43.3. The van der Waals surface area contributed by atoms with E-state index in [1.54, 1.807) is 0 Å².